The molecular formula is C14H23ClN2S. The van der Waals surface area contributed by atoms with Crippen LogP contribution < -0.4 is 5.73 Å². The molecule has 1 aromatic carbocycles. The van der Waals surface area contributed by atoms with Crippen molar-refractivity contribution in [2.75, 3.05) is 25.4 Å². The van der Waals surface area contributed by atoms with Gasteiger partial charge in [0.25, 0.3) is 0 Å². The first kappa shape index (κ1) is 15.8. The predicted molar refractivity (Wildman–Crippen MR) is 83.5 cm³/mol. The number of piperidine rings is 1. The maximum Gasteiger partial charge on any atom is 0.0185 e. The number of benzene rings is 1. The zero-order chi connectivity index (χ0) is 11.9. The van der Waals surface area contributed by atoms with E-state index in [9.17, 15) is 0 Å². The lowest BCUT2D eigenvalue weighted by atomic mass is 10.1. The Hall–Kier alpha value is -0.220. The lowest BCUT2D eigenvalue weighted by Gasteiger charge is -2.30. The molecule has 1 unspecified atom stereocenters. The summed E-state index contributed by atoms with van der Waals surface area (Å²) in [5, 5.41) is 0. The van der Waals surface area contributed by atoms with Gasteiger partial charge in [-0.3, -0.25) is 0 Å². The molecule has 0 radical (unpaired) electrons. The molecule has 102 valence electrons. The Morgan fingerprint density at radius 1 is 1.28 bits per heavy atom. The Kier molecular flexibility index (Phi) is 7.75. The van der Waals surface area contributed by atoms with Crippen LogP contribution in [0.2, 0.25) is 0 Å². The highest BCUT2D eigenvalue weighted by Gasteiger charge is 2.15. The largest absolute Gasteiger partial charge is 0.327 e. The fourth-order valence-corrected chi connectivity index (χ4v) is 3.21. The molecule has 0 bridgehead atoms. The SMILES string of the molecule is Cl.NC1CCCN(CCSCc2ccccc2)C1. The van der Waals surface area contributed by atoms with Crippen LogP contribution in [0.25, 0.3) is 0 Å². The first-order chi connectivity index (χ1) is 8.34. The van der Waals surface area contributed by atoms with Crippen molar-refractivity contribution in [3.05, 3.63) is 35.9 Å². The van der Waals surface area contributed by atoms with Gasteiger partial charge in [-0.15, -0.1) is 12.4 Å². The zero-order valence-electron chi connectivity index (χ0n) is 10.8. The highest BCUT2D eigenvalue weighted by molar-refractivity contribution is 7.98. The van der Waals surface area contributed by atoms with Crippen LogP contribution in [-0.2, 0) is 5.75 Å². The van der Waals surface area contributed by atoms with Crippen LogP contribution in [0.5, 0.6) is 0 Å². The average molecular weight is 287 g/mol. The summed E-state index contributed by atoms with van der Waals surface area (Å²) in [6.45, 7) is 3.51. The number of nitrogens with zero attached hydrogens (tertiary/aromatic N) is 1. The van der Waals surface area contributed by atoms with Crippen molar-refractivity contribution in [3.8, 4) is 0 Å². The number of rotatable bonds is 5. The Morgan fingerprint density at radius 3 is 2.78 bits per heavy atom. The van der Waals surface area contributed by atoms with Crippen molar-refractivity contribution in [3.63, 3.8) is 0 Å². The highest BCUT2D eigenvalue weighted by atomic mass is 35.5. The molecule has 18 heavy (non-hydrogen) atoms. The van der Waals surface area contributed by atoms with Crippen molar-refractivity contribution < 1.29 is 0 Å². The monoisotopic (exact) mass is 286 g/mol. The van der Waals surface area contributed by atoms with Gasteiger partial charge in [-0.25, -0.2) is 0 Å². The number of likely N-dealkylation sites (tertiary alicyclic amines) is 1. The van der Waals surface area contributed by atoms with Gasteiger partial charge in [-0.1, -0.05) is 30.3 Å². The number of thioether (sulfide) groups is 1. The molecule has 0 amide bonds. The molecule has 0 saturated carbocycles. The molecule has 1 saturated heterocycles. The van der Waals surface area contributed by atoms with Gasteiger partial charge in [0.1, 0.15) is 0 Å². The van der Waals surface area contributed by atoms with Crippen LogP contribution >= 0.6 is 24.2 Å². The Labute approximate surface area is 121 Å². The molecule has 1 aliphatic heterocycles. The quantitative estimate of drug-likeness (QED) is 0.844. The predicted octanol–water partition coefficient (Wildman–Crippen LogP) is 2.76. The lowest BCUT2D eigenvalue weighted by molar-refractivity contribution is 0.221. The van der Waals surface area contributed by atoms with Gasteiger partial charge in [0, 0.05) is 30.6 Å². The van der Waals surface area contributed by atoms with E-state index < -0.39 is 0 Å². The molecule has 2 rings (SSSR count). The smallest absolute Gasteiger partial charge is 0.0185 e. The van der Waals surface area contributed by atoms with Crippen molar-refractivity contribution in [1.82, 2.24) is 4.90 Å². The van der Waals surface area contributed by atoms with Crippen molar-refractivity contribution in [2.45, 2.75) is 24.6 Å². The van der Waals surface area contributed by atoms with Gasteiger partial charge < -0.3 is 10.6 Å². The second kappa shape index (κ2) is 8.81. The van der Waals surface area contributed by atoms with E-state index in [0.29, 0.717) is 6.04 Å². The maximum atomic E-state index is 5.97. The van der Waals surface area contributed by atoms with E-state index in [1.165, 1.54) is 37.2 Å². The topological polar surface area (TPSA) is 29.3 Å². The van der Waals surface area contributed by atoms with Gasteiger partial charge in [0.15, 0.2) is 0 Å². The maximum absolute atomic E-state index is 5.97. The molecule has 1 aromatic rings. The Balaban J connectivity index is 0.00000162. The molecule has 0 spiro atoms. The minimum absolute atomic E-state index is 0. The normalized spacial score (nSPS) is 20.4. The van der Waals surface area contributed by atoms with E-state index in [4.69, 9.17) is 5.73 Å². The second-order valence-corrected chi connectivity index (χ2v) is 5.85. The van der Waals surface area contributed by atoms with Crippen molar-refractivity contribution >= 4 is 24.2 Å². The standard InChI is InChI=1S/C14H22N2S.ClH/c15-14-7-4-8-16(11-14)9-10-17-12-13-5-2-1-3-6-13;/h1-3,5-6,14H,4,7-12,15H2;1H. The third-order valence-electron chi connectivity index (χ3n) is 3.21. The van der Waals surface area contributed by atoms with E-state index >= 15 is 0 Å². The van der Waals surface area contributed by atoms with E-state index in [1.807, 2.05) is 11.8 Å². The molecule has 1 aliphatic rings. The third kappa shape index (κ3) is 5.61. The molecule has 1 fully saturated rings. The first-order valence-corrected chi connectivity index (χ1v) is 7.59. The minimum atomic E-state index is 0. The summed E-state index contributed by atoms with van der Waals surface area (Å²) < 4.78 is 0. The summed E-state index contributed by atoms with van der Waals surface area (Å²) in [5.41, 5.74) is 7.40. The summed E-state index contributed by atoms with van der Waals surface area (Å²) in [7, 11) is 0. The zero-order valence-corrected chi connectivity index (χ0v) is 12.4. The van der Waals surface area contributed by atoms with Gasteiger partial charge in [-0.05, 0) is 24.9 Å². The van der Waals surface area contributed by atoms with Crippen LogP contribution in [0.3, 0.4) is 0 Å². The average Bonchev–Trinajstić information content (AvgIpc) is 2.36. The van der Waals surface area contributed by atoms with E-state index in [-0.39, 0.29) is 12.4 Å². The first-order valence-electron chi connectivity index (χ1n) is 6.44. The highest BCUT2D eigenvalue weighted by Crippen LogP contribution is 2.13. The molecule has 2 nitrogen and oxygen atoms in total. The summed E-state index contributed by atoms with van der Waals surface area (Å²) in [6, 6.07) is 11.1. The fraction of sp³-hybridized carbons (Fsp3) is 0.571. The van der Waals surface area contributed by atoms with E-state index in [2.05, 4.69) is 35.2 Å². The lowest BCUT2D eigenvalue weighted by Crippen LogP contribution is -2.43. The number of hydrogen-bond acceptors (Lipinski definition) is 3. The minimum Gasteiger partial charge on any atom is -0.327 e. The van der Waals surface area contributed by atoms with Gasteiger partial charge >= 0.3 is 0 Å². The summed E-state index contributed by atoms with van der Waals surface area (Å²) >= 11 is 2.02. The van der Waals surface area contributed by atoms with Crippen LogP contribution in [0.4, 0.5) is 0 Å². The Bertz CT molecular complexity index is 321. The third-order valence-corrected chi connectivity index (χ3v) is 4.21. The van der Waals surface area contributed by atoms with E-state index in [1.54, 1.807) is 0 Å². The van der Waals surface area contributed by atoms with Gasteiger partial charge in [0.2, 0.25) is 0 Å². The van der Waals surface area contributed by atoms with Crippen molar-refractivity contribution in [1.29, 1.82) is 0 Å². The number of hydrogen-bond donors (Lipinski definition) is 1. The van der Waals surface area contributed by atoms with Gasteiger partial charge in [0.05, 0.1) is 0 Å². The molecule has 1 atom stereocenters. The Morgan fingerprint density at radius 2 is 2.06 bits per heavy atom. The van der Waals surface area contributed by atoms with Crippen molar-refractivity contribution in [2.24, 2.45) is 5.73 Å². The van der Waals surface area contributed by atoms with Crippen LogP contribution in [0.1, 0.15) is 18.4 Å². The second-order valence-electron chi connectivity index (χ2n) is 4.74. The molecular weight excluding hydrogens is 264 g/mol. The summed E-state index contributed by atoms with van der Waals surface area (Å²) in [5.74, 6) is 2.34. The molecule has 1 heterocycles. The van der Waals surface area contributed by atoms with Crippen LogP contribution in [-0.4, -0.2) is 36.3 Å². The number of nitrogens with two attached hydrogens (primary N) is 1. The van der Waals surface area contributed by atoms with Gasteiger partial charge in [-0.2, -0.15) is 11.8 Å². The number of halogens is 1. The van der Waals surface area contributed by atoms with Crippen LogP contribution in [0, 0.1) is 0 Å². The molecule has 0 aliphatic carbocycles. The van der Waals surface area contributed by atoms with Crippen LogP contribution in [0.15, 0.2) is 30.3 Å². The summed E-state index contributed by atoms with van der Waals surface area (Å²) in [6.07, 6.45) is 2.47. The molecule has 2 N–H and O–H groups in total. The fourth-order valence-electron chi connectivity index (χ4n) is 2.25. The van der Waals surface area contributed by atoms with E-state index in [0.717, 1.165) is 12.3 Å². The summed E-state index contributed by atoms with van der Waals surface area (Å²) in [4.78, 5) is 2.51. The molecule has 4 heteroatoms. The molecule has 0 aromatic heterocycles.